The number of ether oxygens (including phenoxy) is 2. The van der Waals surface area contributed by atoms with Crippen molar-refractivity contribution < 1.29 is 18.7 Å². The van der Waals surface area contributed by atoms with Crippen LogP contribution in [-0.2, 0) is 16.6 Å². The fraction of sp³-hybridized carbons (Fsp3) is 0.321. The molecule has 10 heteroatoms. The van der Waals surface area contributed by atoms with E-state index in [1.165, 1.54) is 6.07 Å². The molecule has 0 radical (unpaired) electrons. The van der Waals surface area contributed by atoms with Gasteiger partial charge in [0.25, 0.3) is 0 Å². The molecule has 5 rings (SSSR count). The highest BCUT2D eigenvalue weighted by Gasteiger charge is 2.15. The maximum absolute atomic E-state index is 14.1. The van der Waals surface area contributed by atoms with Crippen LogP contribution in [0.2, 0.25) is 0 Å². The van der Waals surface area contributed by atoms with Crippen LogP contribution < -0.4 is 15.4 Å². The van der Waals surface area contributed by atoms with Crippen LogP contribution in [0.1, 0.15) is 25.3 Å². The van der Waals surface area contributed by atoms with E-state index in [2.05, 4.69) is 15.6 Å². The van der Waals surface area contributed by atoms with Crippen LogP contribution in [0.3, 0.4) is 0 Å². The Hall–Kier alpha value is -4.02. The SMILES string of the molecule is CC(C)c1cc(Nc2nc3cc(Oc4ccnc(NC(=O)CN5CCOCC5)c4)ccc3n2C)ccc1F. The minimum absolute atomic E-state index is 0.0729. The van der Waals surface area contributed by atoms with Crippen molar-refractivity contribution in [2.24, 2.45) is 7.05 Å². The minimum atomic E-state index is -0.215. The van der Waals surface area contributed by atoms with Crippen molar-refractivity contribution in [2.75, 3.05) is 43.5 Å². The van der Waals surface area contributed by atoms with Crippen molar-refractivity contribution in [3.05, 3.63) is 66.1 Å². The summed E-state index contributed by atoms with van der Waals surface area (Å²) in [6, 6.07) is 14.0. The molecule has 3 heterocycles. The third kappa shape index (κ3) is 5.92. The smallest absolute Gasteiger partial charge is 0.239 e. The molecule has 1 aliphatic heterocycles. The van der Waals surface area contributed by atoms with Crippen molar-refractivity contribution in [1.29, 1.82) is 0 Å². The Morgan fingerprint density at radius 2 is 1.89 bits per heavy atom. The Labute approximate surface area is 220 Å². The number of fused-ring (bicyclic) bond motifs is 1. The van der Waals surface area contributed by atoms with E-state index < -0.39 is 0 Å². The number of benzene rings is 2. The Morgan fingerprint density at radius 1 is 1.11 bits per heavy atom. The van der Waals surface area contributed by atoms with Gasteiger partial charge in [0.1, 0.15) is 23.1 Å². The van der Waals surface area contributed by atoms with Crippen LogP contribution in [0.5, 0.6) is 11.5 Å². The van der Waals surface area contributed by atoms with E-state index in [0.29, 0.717) is 48.6 Å². The number of anilines is 3. The van der Waals surface area contributed by atoms with E-state index in [1.54, 1.807) is 24.4 Å². The first-order valence-corrected chi connectivity index (χ1v) is 12.6. The molecule has 2 aromatic heterocycles. The number of carbonyl (C=O) groups excluding carboxylic acids is 1. The van der Waals surface area contributed by atoms with Gasteiger partial charge < -0.3 is 24.7 Å². The van der Waals surface area contributed by atoms with Gasteiger partial charge in [0, 0.05) is 44.2 Å². The second-order valence-electron chi connectivity index (χ2n) is 9.58. The number of halogens is 1. The zero-order valence-corrected chi connectivity index (χ0v) is 21.7. The summed E-state index contributed by atoms with van der Waals surface area (Å²) in [6.07, 6.45) is 1.59. The average molecular weight is 519 g/mol. The predicted molar refractivity (Wildman–Crippen MR) is 145 cm³/mol. The number of morpholine rings is 1. The van der Waals surface area contributed by atoms with E-state index in [-0.39, 0.29) is 17.6 Å². The summed E-state index contributed by atoms with van der Waals surface area (Å²) in [7, 11) is 1.92. The zero-order chi connectivity index (χ0) is 26.6. The number of aryl methyl sites for hydroxylation is 1. The van der Waals surface area contributed by atoms with Crippen LogP contribution >= 0.6 is 0 Å². The Balaban J connectivity index is 1.28. The summed E-state index contributed by atoms with van der Waals surface area (Å²) in [5, 5.41) is 6.13. The molecule has 0 spiro atoms. The van der Waals surface area contributed by atoms with E-state index in [1.807, 2.05) is 54.6 Å². The molecular weight excluding hydrogens is 487 g/mol. The number of nitrogens with one attached hydrogen (secondary N) is 2. The number of amides is 1. The molecule has 4 aromatic rings. The lowest BCUT2D eigenvalue weighted by molar-refractivity contribution is -0.118. The van der Waals surface area contributed by atoms with E-state index in [4.69, 9.17) is 14.5 Å². The molecule has 198 valence electrons. The number of aromatic nitrogens is 3. The summed E-state index contributed by atoms with van der Waals surface area (Å²) in [6.45, 7) is 6.96. The van der Waals surface area contributed by atoms with Crippen molar-refractivity contribution >= 4 is 34.4 Å². The van der Waals surface area contributed by atoms with Gasteiger partial charge in [-0.05, 0) is 47.9 Å². The number of carbonyl (C=O) groups is 1. The van der Waals surface area contributed by atoms with Gasteiger partial charge in [-0.25, -0.2) is 14.4 Å². The first kappa shape index (κ1) is 25.6. The average Bonchev–Trinajstić information content (AvgIpc) is 3.20. The quantitative estimate of drug-likeness (QED) is 0.338. The first-order chi connectivity index (χ1) is 18.4. The summed E-state index contributed by atoms with van der Waals surface area (Å²) in [5.74, 6) is 1.93. The van der Waals surface area contributed by atoms with Gasteiger partial charge in [-0.2, -0.15) is 0 Å². The Morgan fingerprint density at radius 3 is 2.68 bits per heavy atom. The van der Waals surface area contributed by atoms with Crippen molar-refractivity contribution in [2.45, 2.75) is 19.8 Å². The van der Waals surface area contributed by atoms with Crippen LogP contribution in [0.4, 0.5) is 21.8 Å². The lowest BCUT2D eigenvalue weighted by Gasteiger charge is -2.25. The van der Waals surface area contributed by atoms with Gasteiger partial charge in [0.15, 0.2) is 0 Å². The Kier molecular flexibility index (Phi) is 7.52. The molecule has 0 aliphatic carbocycles. The van der Waals surface area contributed by atoms with E-state index >= 15 is 0 Å². The number of imidazole rings is 1. The molecule has 1 aliphatic rings. The highest BCUT2D eigenvalue weighted by molar-refractivity contribution is 5.91. The molecule has 1 saturated heterocycles. The first-order valence-electron chi connectivity index (χ1n) is 12.6. The zero-order valence-electron chi connectivity index (χ0n) is 21.7. The largest absolute Gasteiger partial charge is 0.457 e. The monoisotopic (exact) mass is 518 g/mol. The normalized spacial score (nSPS) is 14.1. The van der Waals surface area contributed by atoms with E-state index in [9.17, 15) is 9.18 Å². The van der Waals surface area contributed by atoms with Crippen LogP contribution in [-0.4, -0.2) is 58.2 Å². The van der Waals surface area contributed by atoms with Crippen LogP contribution in [0.25, 0.3) is 11.0 Å². The third-order valence-electron chi connectivity index (χ3n) is 6.43. The number of nitrogens with zero attached hydrogens (tertiary/aromatic N) is 4. The molecule has 9 nitrogen and oxygen atoms in total. The number of hydrogen-bond donors (Lipinski definition) is 2. The summed E-state index contributed by atoms with van der Waals surface area (Å²) >= 11 is 0. The third-order valence-corrected chi connectivity index (χ3v) is 6.43. The fourth-order valence-corrected chi connectivity index (χ4v) is 4.37. The van der Waals surface area contributed by atoms with Gasteiger partial charge in [-0.15, -0.1) is 0 Å². The summed E-state index contributed by atoms with van der Waals surface area (Å²) in [5.41, 5.74) is 3.08. The van der Waals surface area contributed by atoms with Gasteiger partial charge in [0.2, 0.25) is 11.9 Å². The van der Waals surface area contributed by atoms with Crippen LogP contribution in [0.15, 0.2) is 54.7 Å². The highest BCUT2D eigenvalue weighted by atomic mass is 19.1. The second-order valence-corrected chi connectivity index (χ2v) is 9.58. The molecule has 2 N–H and O–H groups in total. The molecular formula is C28H31FN6O3. The topological polar surface area (TPSA) is 93.5 Å². The van der Waals surface area contributed by atoms with Gasteiger partial charge >= 0.3 is 0 Å². The molecule has 1 amide bonds. The maximum atomic E-state index is 14.1. The standard InChI is InChI=1S/C28H31FN6O3/c1-18(2)22-14-19(4-6-23(22)29)31-28-32-24-15-20(5-7-25(24)34(28)3)38-21-8-9-30-26(16-21)33-27(36)17-35-10-12-37-13-11-35/h4-9,14-16,18H,10-13,17H2,1-3H3,(H,31,32)(H,30,33,36). The van der Waals surface area contributed by atoms with E-state index in [0.717, 1.165) is 29.8 Å². The molecule has 0 unspecified atom stereocenters. The molecule has 0 bridgehead atoms. The lowest BCUT2D eigenvalue weighted by Crippen LogP contribution is -2.41. The minimum Gasteiger partial charge on any atom is -0.457 e. The lowest BCUT2D eigenvalue weighted by atomic mass is 10.0. The van der Waals surface area contributed by atoms with Crippen molar-refractivity contribution in [3.8, 4) is 11.5 Å². The van der Waals surface area contributed by atoms with Gasteiger partial charge in [-0.3, -0.25) is 9.69 Å². The number of pyridine rings is 1. The molecule has 0 saturated carbocycles. The summed E-state index contributed by atoms with van der Waals surface area (Å²) in [4.78, 5) is 23.4. The van der Waals surface area contributed by atoms with Gasteiger partial charge in [0.05, 0.1) is 30.8 Å². The van der Waals surface area contributed by atoms with Gasteiger partial charge in [-0.1, -0.05) is 13.8 Å². The predicted octanol–water partition coefficient (Wildman–Crippen LogP) is 5.04. The number of hydrogen-bond acceptors (Lipinski definition) is 7. The maximum Gasteiger partial charge on any atom is 0.239 e. The Bertz CT molecular complexity index is 1450. The molecule has 2 aromatic carbocycles. The molecule has 38 heavy (non-hydrogen) atoms. The van der Waals surface area contributed by atoms with Crippen molar-refractivity contribution in [3.63, 3.8) is 0 Å². The van der Waals surface area contributed by atoms with Crippen LogP contribution in [0, 0.1) is 5.82 Å². The second kappa shape index (κ2) is 11.2. The fourth-order valence-electron chi connectivity index (χ4n) is 4.37. The molecule has 1 fully saturated rings. The van der Waals surface area contributed by atoms with Crippen molar-refractivity contribution in [1.82, 2.24) is 19.4 Å². The molecule has 0 atom stereocenters. The summed E-state index contributed by atoms with van der Waals surface area (Å²) < 4.78 is 27.4. The highest BCUT2D eigenvalue weighted by Crippen LogP contribution is 2.30. The number of rotatable bonds is 8.